The molecule has 0 radical (unpaired) electrons. The number of ether oxygens (including phenoxy) is 5. The van der Waals surface area contributed by atoms with Crippen molar-refractivity contribution in [1.29, 1.82) is 0 Å². The average Bonchev–Trinajstić information content (AvgIpc) is 3.61. The van der Waals surface area contributed by atoms with Crippen molar-refractivity contribution in [3.05, 3.63) is 109 Å². The summed E-state index contributed by atoms with van der Waals surface area (Å²) in [5.41, 5.74) is 3.04. The van der Waals surface area contributed by atoms with Crippen molar-refractivity contribution in [1.82, 2.24) is 4.57 Å². The summed E-state index contributed by atoms with van der Waals surface area (Å²) in [7, 11) is 0. The van der Waals surface area contributed by atoms with Crippen molar-refractivity contribution in [2.75, 3.05) is 20.0 Å². The van der Waals surface area contributed by atoms with Crippen molar-refractivity contribution >= 4 is 29.1 Å². The molecule has 2 aliphatic heterocycles. The first-order valence-corrected chi connectivity index (χ1v) is 14.8. The number of esters is 1. The smallest absolute Gasteiger partial charge is 0.338 e. The van der Waals surface area contributed by atoms with E-state index >= 15 is 0 Å². The third kappa shape index (κ3) is 5.65. The Morgan fingerprint density at radius 2 is 1.81 bits per heavy atom. The molecular weight excluding hydrogens is 568 g/mol. The number of aromatic nitrogens is 1. The Balaban J connectivity index is 1.42. The van der Waals surface area contributed by atoms with Crippen molar-refractivity contribution in [2.24, 2.45) is 4.99 Å². The van der Waals surface area contributed by atoms with Gasteiger partial charge >= 0.3 is 5.97 Å². The number of hydrogen-bond donors (Lipinski definition) is 0. The molecule has 9 nitrogen and oxygen atoms in total. The number of fused-ring (bicyclic) bond motifs is 2. The maximum Gasteiger partial charge on any atom is 0.338 e. The van der Waals surface area contributed by atoms with Gasteiger partial charge in [0.15, 0.2) is 27.8 Å². The summed E-state index contributed by atoms with van der Waals surface area (Å²) in [6.45, 7) is 6.55. The SMILES string of the molecule is CCOC(=O)C1=C(C)n2c(s/c(=C\c3ccc4c(c3)OCO4)c2=O)=N[C@@H]1c1ccc(OCc2ccccc2)c(OCC)c1. The van der Waals surface area contributed by atoms with Crippen LogP contribution in [0.4, 0.5) is 0 Å². The Kier molecular flexibility index (Phi) is 8.02. The van der Waals surface area contributed by atoms with Gasteiger partial charge in [-0.2, -0.15) is 0 Å². The normalized spacial score (nSPS) is 15.6. The van der Waals surface area contributed by atoms with E-state index < -0.39 is 12.0 Å². The lowest BCUT2D eigenvalue weighted by Crippen LogP contribution is -2.35. The Morgan fingerprint density at radius 3 is 2.60 bits per heavy atom. The quantitative estimate of drug-likeness (QED) is 0.260. The number of benzene rings is 3. The number of hydrogen-bond acceptors (Lipinski definition) is 9. The fourth-order valence-corrected chi connectivity index (χ4v) is 6.07. The van der Waals surface area contributed by atoms with Crippen LogP contribution >= 0.6 is 11.3 Å². The molecule has 0 N–H and O–H groups in total. The number of thiazole rings is 1. The minimum absolute atomic E-state index is 0.167. The molecule has 0 unspecified atom stereocenters. The molecule has 0 saturated carbocycles. The molecule has 10 heteroatoms. The number of nitrogens with zero attached hydrogens (tertiary/aromatic N) is 2. The van der Waals surface area contributed by atoms with Gasteiger partial charge in [0.05, 0.1) is 23.3 Å². The van der Waals surface area contributed by atoms with Gasteiger partial charge in [0.25, 0.3) is 5.56 Å². The molecule has 0 amide bonds. The van der Waals surface area contributed by atoms with Crippen LogP contribution in [0.5, 0.6) is 23.0 Å². The lowest BCUT2D eigenvalue weighted by Gasteiger charge is -2.23. The van der Waals surface area contributed by atoms with Crippen LogP contribution in [0.3, 0.4) is 0 Å². The van der Waals surface area contributed by atoms with Crippen LogP contribution in [0, 0.1) is 0 Å². The predicted octanol–water partition coefficient (Wildman–Crippen LogP) is 4.61. The zero-order valence-corrected chi connectivity index (χ0v) is 24.8. The van der Waals surface area contributed by atoms with Crippen LogP contribution in [0.25, 0.3) is 11.8 Å². The molecule has 0 fully saturated rings. The van der Waals surface area contributed by atoms with Gasteiger partial charge in [-0.3, -0.25) is 9.36 Å². The number of carbonyl (C=O) groups is 1. The fraction of sp³-hybridized carbons (Fsp3) is 0.242. The predicted molar refractivity (Wildman–Crippen MR) is 162 cm³/mol. The minimum atomic E-state index is -0.710. The van der Waals surface area contributed by atoms with Gasteiger partial charge in [-0.25, -0.2) is 9.79 Å². The van der Waals surface area contributed by atoms with Crippen molar-refractivity contribution in [3.63, 3.8) is 0 Å². The number of carbonyl (C=O) groups excluding carboxylic acids is 1. The minimum Gasteiger partial charge on any atom is -0.490 e. The molecule has 0 bridgehead atoms. The van der Waals surface area contributed by atoms with Crippen LogP contribution in [0.1, 0.15) is 43.5 Å². The van der Waals surface area contributed by atoms with E-state index in [1.54, 1.807) is 19.9 Å². The highest BCUT2D eigenvalue weighted by molar-refractivity contribution is 7.07. The summed E-state index contributed by atoms with van der Waals surface area (Å²) in [5.74, 6) is 1.89. The third-order valence-electron chi connectivity index (χ3n) is 7.05. The van der Waals surface area contributed by atoms with E-state index in [1.165, 1.54) is 15.9 Å². The molecule has 43 heavy (non-hydrogen) atoms. The monoisotopic (exact) mass is 598 g/mol. The van der Waals surface area contributed by atoms with Gasteiger partial charge in [-0.05, 0) is 67.8 Å². The molecule has 0 spiro atoms. The van der Waals surface area contributed by atoms with Crippen molar-refractivity contribution in [2.45, 2.75) is 33.4 Å². The highest BCUT2D eigenvalue weighted by Crippen LogP contribution is 2.38. The van der Waals surface area contributed by atoms with Crippen LogP contribution in [0.2, 0.25) is 0 Å². The van der Waals surface area contributed by atoms with Gasteiger partial charge in [-0.1, -0.05) is 53.8 Å². The third-order valence-corrected chi connectivity index (χ3v) is 8.04. The second-order valence-electron chi connectivity index (χ2n) is 9.81. The Morgan fingerprint density at radius 1 is 1.00 bits per heavy atom. The molecule has 220 valence electrons. The van der Waals surface area contributed by atoms with E-state index in [9.17, 15) is 9.59 Å². The first kappa shape index (κ1) is 28.3. The summed E-state index contributed by atoms with van der Waals surface area (Å²) >= 11 is 1.26. The van der Waals surface area contributed by atoms with E-state index in [2.05, 4.69) is 0 Å². The first-order valence-electron chi connectivity index (χ1n) is 14.0. The molecule has 4 aromatic rings. The maximum absolute atomic E-state index is 13.6. The van der Waals surface area contributed by atoms with E-state index in [1.807, 2.05) is 73.7 Å². The standard InChI is InChI=1S/C33H30N2O7S/c1-4-38-27-17-23(12-14-24(27)40-18-21-9-7-6-8-10-21)30-29(32(37)39-5-2)20(3)35-31(36)28(43-33(35)34-30)16-22-11-13-25-26(15-22)42-19-41-25/h6-17,30H,4-5,18-19H2,1-3H3/b28-16-/t30-/m1/s1. The molecule has 3 heterocycles. The van der Waals surface area contributed by atoms with Crippen LogP contribution in [-0.4, -0.2) is 30.5 Å². The summed E-state index contributed by atoms with van der Waals surface area (Å²) in [6.07, 6.45) is 1.79. The zero-order valence-electron chi connectivity index (χ0n) is 24.0. The van der Waals surface area contributed by atoms with Crippen LogP contribution in [0.15, 0.2) is 82.1 Å². The molecule has 3 aromatic carbocycles. The molecule has 2 aliphatic rings. The van der Waals surface area contributed by atoms with Gasteiger partial charge < -0.3 is 23.7 Å². The second-order valence-corrected chi connectivity index (χ2v) is 10.8. The van der Waals surface area contributed by atoms with Gasteiger partial charge in [-0.15, -0.1) is 0 Å². The lowest BCUT2D eigenvalue weighted by molar-refractivity contribution is -0.138. The van der Waals surface area contributed by atoms with Crippen molar-refractivity contribution in [3.8, 4) is 23.0 Å². The Hall–Kier alpha value is -4.83. The molecule has 0 saturated heterocycles. The van der Waals surface area contributed by atoms with Crippen LogP contribution in [-0.2, 0) is 16.1 Å². The molecule has 6 rings (SSSR count). The molecule has 0 aliphatic carbocycles. The fourth-order valence-electron chi connectivity index (χ4n) is 5.03. The van der Waals surface area contributed by atoms with E-state index in [0.29, 0.717) is 62.4 Å². The second kappa shape index (κ2) is 12.2. The molecule has 1 atom stereocenters. The molecular formula is C33H30N2O7S. The summed E-state index contributed by atoms with van der Waals surface area (Å²) in [4.78, 5) is 32.3. The lowest BCUT2D eigenvalue weighted by atomic mass is 9.96. The maximum atomic E-state index is 13.6. The summed E-state index contributed by atoms with van der Waals surface area (Å²) in [5, 5.41) is 0. The van der Waals surface area contributed by atoms with E-state index in [4.69, 9.17) is 28.7 Å². The molecule has 1 aromatic heterocycles. The Labute approximate surface area is 251 Å². The number of rotatable bonds is 9. The summed E-state index contributed by atoms with van der Waals surface area (Å²) < 4.78 is 30.3. The van der Waals surface area contributed by atoms with E-state index in [0.717, 1.165) is 11.1 Å². The van der Waals surface area contributed by atoms with Gasteiger partial charge in [0.2, 0.25) is 6.79 Å². The number of allylic oxidation sites excluding steroid dienone is 1. The Bertz CT molecular complexity index is 1890. The summed E-state index contributed by atoms with van der Waals surface area (Å²) in [6, 6.07) is 20.2. The van der Waals surface area contributed by atoms with Crippen LogP contribution < -0.4 is 33.8 Å². The largest absolute Gasteiger partial charge is 0.490 e. The highest BCUT2D eigenvalue weighted by atomic mass is 32.1. The van der Waals surface area contributed by atoms with E-state index in [-0.39, 0.29) is 19.0 Å². The topological polar surface area (TPSA) is 97.6 Å². The van der Waals surface area contributed by atoms with Gasteiger partial charge in [0.1, 0.15) is 12.6 Å². The average molecular weight is 599 g/mol. The van der Waals surface area contributed by atoms with Crippen molar-refractivity contribution < 1.29 is 28.5 Å². The van der Waals surface area contributed by atoms with Gasteiger partial charge in [0, 0.05) is 5.70 Å². The highest BCUT2D eigenvalue weighted by Gasteiger charge is 2.32. The first-order chi connectivity index (χ1) is 21.0. The zero-order chi connectivity index (χ0) is 29.9.